The molecule has 0 radical (unpaired) electrons. The number of likely N-dealkylation sites (N-methyl/N-ethyl adjacent to an activating group) is 1. The summed E-state index contributed by atoms with van der Waals surface area (Å²) >= 11 is 0. The first kappa shape index (κ1) is 16.5. The molecule has 1 aliphatic heterocycles. The molecular formula is C19H21FN2O2. The standard InChI is InChI=1S/C19H21FN2O2/c1-21-11-12-22(13-17(21)15-7-3-2-4-8-15)19(23)14-24-18-10-6-5-9-16(18)20/h2-10,17H,11-14H2,1H3. The highest BCUT2D eigenvalue weighted by molar-refractivity contribution is 5.78. The van der Waals surface area contributed by atoms with Gasteiger partial charge in [-0.25, -0.2) is 4.39 Å². The van der Waals surface area contributed by atoms with Crippen LogP contribution >= 0.6 is 0 Å². The van der Waals surface area contributed by atoms with Crippen molar-refractivity contribution in [3.8, 4) is 5.75 Å². The molecule has 126 valence electrons. The number of halogens is 1. The molecule has 4 nitrogen and oxygen atoms in total. The summed E-state index contributed by atoms with van der Waals surface area (Å²) in [5, 5.41) is 0. The molecule has 1 amide bonds. The lowest BCUT2D eigenvalue weighted by atomic mass is 10.0. The third kappa shape index (κ3) is 3.74. The number of rotatable bonds is 4. The first-order valence-corrected chi connectivity index (χ1v) is 8.05. The molecule has 5 heteroatoms. The summed E-state index contributed by atoms with van der Waals surface area (Å²) in [6.45, 7) is 1.91. The van der Waals surface area contributed by atoms with E-state index in [1.54, 1.807) is 17.0 Å². The number of benzene rings is 2. The van der Waals surface area contributed by atoms with Crippen LogP contribution in [0.5, 0.6) is 5.75 Å². The largest absolute Gasteiger partial charge is 0.481 e. The average Bonchev–Trinajstić information content (AvgIpc) is 2.62. The molecule has 1 fully saturated rings. The minimum Gasteiger partial charge on any atom is -0.481 e. The Bertz CT molecular complexity index is 693. The molecule has 3 rings (SSSR count). The molecule has 0 aliphatic carbocycles. The molecule has 0 saturated carbocycles. The van der Waals surface area contributed by atoms with E-state index in [1.165, 1.54) is 17.7 Å². The fraction of sp³-hybridized carbons (Fsp3) is 0.316. The van der Waals surface area contributed by atoms with E-state index >= 15 is 0 Å². The van der Waals surface area contributed by atoms with Crippen LogP contribution in [0.4, 0.5) is 4.39 Å². The molecule has 1 aliphatic rings. The van der Waals surface area contributed by atoms with Crippen LogP contribution in [0.2, 0.25) is 0 Å². The monoisotopic (exact) mass is 328 g/mol. The van der Waals surface area contributed by atoms with Gasteiger partial charge in [-0.15, -0.1) is 0 Å². The van der Waals surface area contributed by atoms with E-state index < -0.39 is 5.82 Å². The lowest BCUT2D eigenvalue weighted by Gasteiger charge is -2.39. The van der Waals surface area contributed by atoms with E-state index in [4.69, 9.17) is 4.74 Å². The van der Waals surface area contributed by atoms with Gasteiger partial charge < -0.3 is 9.64 Å². The summed E-state index contributed by atoms with van der Waals surface area (Å²) in [6.07, 6.45) is 0. The Morgan fingerprint density at radius 1 is 1.12 bits per heavy atom. The number of nitrogens with zero attached hydrogens (tertiary/aromatic N) is 2. The highest BCUT2D eigenvalue weighted by Crippen LogP contribution is 2.24. The van der Waals surface area contributed by atoms with Crippen molar-refractivity contribution in [2.24, 2.45) is 0 Å². The molecule has 2 aromatic rings. The van der Waals surface area contributed by atoms with Gasteiger partial charge in [0.15, 0.2) is 18.2 Å². The predicted octanol–water partition coefficient (Wildman–Crippen LogP) is 2.72. The van der Waals surface area contributed by atoms with E-state index in [9.17, 15) is 9.18 Å². The molecule has 24 heavy (non-hydrogen) atoms. The van der Waals surface area contributed by atoms with E-state index in [1.807, 2.05) is 18.2 Å². The summed E-state index contributed by atoms with van der Waals surface area (Å²) in [5.74, 6) is -0.460. The zero-order chi connectivity index (χ0) is 16.9. The van der Waals surface area contributed by atoms with E-state index in [0.29, 0.717) is 13.1 Å². The van der Waals surface area contributed by atoms with Crippen molar-refractivity contribution in [3.63, 3.8) is 0 Å². The van der Waals surface area contributed by atoms with Crippen LogP contribution in [-0.2, 0) is 4.79 Å². The van der Waals surface area contributed by atoms with Gasteiger partial charge in [0, 0.05) is 19.6 Å². The number of carbonyl (C=O) groups excluding carboxylic acids is 1. The van der Waals surface area contributed by atoms with Crippen molar-refractivity contribution < 1.29 is 13.9 Å². The Kier molecular flexibility index (Phi) is 5.11. The fourth-order valence-electron chi connectivity index (χ4n) is 2.93. The smallest absolute Gasteiger partial charge is 0.260 e. The molecule has 0 aromatic heterocycles. The highest BCUT2D eigenvalue weighted by Gasteiger charge is 2.28. The molecule has 1 heterocycles. The van der Waals surface area contributed by atoms with Crippen LogP contribution in [0.1, 0.15) is 11.6 Å². The second kappa shape index (κ2) is 7.45. The maximum atomic E-state index is 13.6. The second-order valence-corrected chi connectivity index (χ2v) is 5.97. The number of hydrogen-bond donors (Lipinski definition) is 0. The van der Waals surface area contributed by atoms with Gasteiger partial charge in [0.2, 0.25) is 0 Å². The van der Waals surface area contributed by atoms with Crippen LogP contribution in [0.25, 0.3) is 0 Å². The molecule has 1 unspecified atom stereocenters. The van der Waals surface area contributed by atoms with Crippen molar-refractivity contribution in [3.05, 3.63) is 66.0 Å². The van der Waals surface area contributed by atoms with Crippen molar-refractivity contribution >= 4 is 5.91 Å². The third-order valence-corrected chi connectivity index (χ3v) is 4.37. The minimum absolute atomic E-state index is 0.111. The van der Waals surface area contributed by atoms with Crippen LogP contribution in [-0.4, -0.2) is 49.0 Å². The topological polar surface area (TPSA) is 32.8 Å². The molecule has 2 aromatic carbocycles. The van der Waals surface area contributed by atoms with Crippen molar-refractivity contribution in [2.45, 2.75) is 6.04 Å². The van der Waals surface area contributed by atoms with Gasteiger partial charge >= 0.3 is 0 Å². The Morgan fingerprint density at radius 3 is 2.58 bits per heavy atom. The molecule has 1 saturated heterocycles. The maximum absolute atomic E-state index is 13.6. The SMILES string of the molecule is CN1CCN(C(=O)COc2ccccc2F)CC1c1ccccc1. The van der Waals surface area contributed by atoms with Crippen molar-refractivity contribution in [1.29, 1.82) is 0 Å². The second-order valence-electron chi connectivity index (χ2n) is 5.97. The zero-order valence-electron chi connectivity index (χ0n) is 13.7. The number of amides is 1. The van der Waals surface area contributed by atoms with Crippen LogP contribution in [0.3, 0.4) is 0 Å². The number of para-hydroxylation sites is 1. The predicted molar refractivity (Wildman–Crippen MR) is 90.3 cm³/mol. The van der Waals surface area contributed by atoms with E-state index in [0.717, 1.165) is 6.54 Å². The number of hydrogen-bond acceptors (Lipinski definition) is 3. The Labute approximate surface area is 141 Å². The Hall–Kier alpha value is -2.40. The zero-order valence-corrected chi connectivity index (χ0v) is 13.7. The summed E-state index contributed by atoms with van der Waals surface area (Å²) in [6, 6.07) is 16.4. The summed E-state index contributed by atoms with van der Waals surface area (Å²) in [4.78, 5) is 16.5. The first-order chi connectivity index (χ1) is 11.6. The van der Waals surface area contributed by atoms with Gasteiger partial charge in [0.05, 0.1) is 6.04 Å². The summed E-state index contributed by atoms with van der Waals surface area (Å²) in [7, 11) is 2.06. The Morgan fingerprint density at radius 2 is 1.83 bits per heavy atom. The average molecular weight is 328 g/mol. The summed E-state index contributed by atoms with van der Waals surface area (Å²) < 4.78 is 18.9. The quantitative estimate of drug-likeness (QED) is 0.865. The number of carbonyl (C=O) groups is 1. The van der Waals surface area contributed by atoms with Gasteiger partial charge in [0.1, 0.15) is 0 Å². The van der Waals surface area contributed by atoms with Crippen LogP contribution in [0.15, 0.2) is 54.6 Å². The van der Waals surface area contributed by atoms with Gasteiger partial charge in [-0.05, 0) is 24.7 Å². The molecule has 1 atom stereocenters. The van der Waals surface area contributed by atoms with E-state index in [-0.39, 0.29) is 24.3 Å². The lowest BCUT2D eigenvalue weighted by Crippen LogP contribution is -2.50. The van der Waals surface area contributed by atoms with Gasteiger partial charge in [-0.3, -0.25) is 9.69 Å². The van der Waals surface area contributed by atoms with Crippen LogP contribution in [0, 0.1) is 5.82 Å². The van der Waals surface area contributed by atoms with Crippen molar-refractivity contribution in [2.75, 3.05) is 33.3 Å². The van der Waals surface area contributed by atoms with E-state index in [2.05, 4.69) is 24.1 Å². The molecule has 0 N–H and O–H groups in total. The van der Waals surface area contributed by atoms with Crippen molar-refractivity contribution in [1.82, 2.24) is 9.80 Å². The van der Waals surface area contributed by atoms with Gasteiger partial charge in [-0.1, -0.05) is 42.5 Å². The first-order valence-electron chi connectivity index (χ1n) is 8.05. The third-order valence-electron chi connectivity index (χ3n) is 4.37. The normalized spacial score (nSPS) is 18.4. The van der Waals surface area contributed by atoms with Gasteiger partial charge in [-0.2, -0.15) is 0 Å². The fourth-order valence-corrected chi connectivity index (χ4v) is 2.93. The Balaban J connectivity index is 1.62. The number of piperazine rings is 1. The lowest BCUT2D eigenvalue weighted by molar-refractivity contribution is -0.136. The minimum atomic E-state index is -0.453. The maximum Gasteiger partial charge on any atom is 0.260 e. The molecule has 0 spiro atoms. The summed E-state index contributed by atoms with van der Waals surface area (Å²) in [5.41, 5.74) is 1.19. The molecular weight excluding hydrogens is 307 g/mol. The highest BCUT2D eigenvalue weighted by atomic mass is 19.1. The number of ether oxygens (including phenoxy) is 1. The van der Waals surface area contributed by atoms with Gasteiger partial charge in [0.25, 0.3) is 5.91 Å². The van der Waals surface area contributed by atoms with Crippen LogP contribution < -0.4 is 4.74 Å². The molecule has 0 bridgehead atoms.